The zero-order valence-electron chi connectivity index (χ0n) is 18.9. The molecular weight excluding hydrogens is 505 g/mol. The molecule has 0 atom stereocenters. The maximum absolute atomic E-state index is 13.0. The first-order valence-electron chi connectivity index (χ1n) is 11.1. The highest BCUT2D eigenvalue weighted by Gasteiger charge is 2.20. The molecule has 36 heavy (non-hydrogen) atoms. The van der Waals surface area contributed by atoms with Gasteiger partial charge in [-0.15, -0.1) is 0 Å². The van der Waals surface area contributed by atoms with Crippen LogP contribution in [-0.4, -0.2) is 27.3 Å². The monoisotopic (exact) mass is 525 g/mol. The van der Waals surface area contributed by atoms with Crippen molar-refractivity contribution >= 4 is 57.3 Å². The number of benzene rings is 3. The van der Waals surface area contributed by atoms with Gasteiger partial charge in [0.2, 0.25) is 5.95 Å². The summed E-state index contributed by atoms with van der Waals surface area (Å²) in [6.07, 6.45) is 2.44. The van der Waals surface area contributed by atoms with E-state index >= 15 is 0 Å². The van der Waals surface area contributed by atoms with Crippen molar-refractivity contribution in [1.29, 1.82) is 0 Å². The maximum atomic E-state index is 13.0. The van der Waals surface area contributed by atoms with Crippen LogP contribution in [0.2, 0.25) is 10.0 Å². The number of H-pyrrole nitrogens is 1. The van der Waals surface area contributed by atoms with E-state index in [2.05, 4.69) is 20.6 Å². The molecule has 4 aromatic rings. The van der Waals surface area contributed by atoms with Crippen LogP contribution >= 0.6 is 23.2 Å². The van der Waals surface area contributed by atoms with Gasteiger partial charge >= 0.3 is 0 Å². The average molecular weight is 526 g/mol. The van der Waals surface area contributed by atoms with E-state index in [4.69, 9.17) is 23.2 Å². The number of aryl methyl sites for hydroxylation is 1. The molecule has 4 rings (SSSR count). The molecule has 3 aromatic carbocycles. The highest BCUT2D eigenvalue weighted by atomic mass is 35.5. The van der Waals surface area contributed by atoms with E-state index in [1.165, 1.54) is 5.56 Å². The van der Waals surface area contributed by atoms with Crippen molar-refractivity contribution in [2.24, 2.45) is 0 Å². The van der Waals surface area contributed by atoms with E-state index in [-0.39, 0.29) is 28.1 Å². The molecule has 0 fully saturated rings. The number of carbonyl (C=O) groups excluding carboxylic acids is 1. The number of rotatable bonds is 9. The number of nitrogens with one attached hydrogen (secondary N) is 3. The van der Waals surface area contributed by atoms with Gasteiger partial charge in [0.15, 0.2) is 0 Å². The number of anilines is 2. The van der Waals surface area contributed by atoms with Crippen molar-refractivity contribution in [3.8, 4) is 0 Å². The molecule has 0 radical (unpaired) electrons. The summed E-state index contributed by atoms with van der Waals surface area (Å²) in [6.45, 7) is 0.368. The lowest BCUT2D eigenvalue weighted by molar-refractivity contribution is -0.384. The Hall–Kier alpha value is -3.95. The lowest BCUT2D eigenvalue weighted by Gasteiger charge is -2.11. The fourth-order valence-electron chi connectivity index (χ4n) is 3.67. The van der Waals surface area contributed by atoms with Crippen LogP contribution in [0.3, 0.4) is 0 Å². The van der Waals surface area contributed by atoms with Crippen molar-refractivity contribution in [2.45, 2.75) is 19.3 Å². The minimum absolute atomic E-state index is 0.0358. The van der Waals surface area contributed by atoms with Gasteiger partial charge in [-0.25, -0.2) is 4.98 Å². The minimum atomic E-state index is -0.655. The molecule has 0 saturated carbocycles. The molecular formula is C25H21Cl2N5O4. The van der Waals surface area contributed by atoms with Gasteiger partial charge in [0.05, 0.1) is 31.4 Å². The normalized spacial score (nSPS) is 10.8. The molecule has 9 nitrogen and oxygen atoms in total. The Balaban J connectivity index is 1.57. The number of halogens is 2. The standard InChI is InChI=1S/C25H21Cl2N5O4/c26-20-10-9-16(12-21(20)27)29-25-30-22-18(13-17(32(35)36)14-19(22)24(34)31-25)23(33)28-11-5-4-8-15-6-2-1-3-7-15/h1-3,6-7,9-10,12-14H,4-5,8,11H2,(H,28,33)(H2,29,30,31,34). The van der Waals surface area contributed by atoms with E-state index in [9.17, 15) is 19.7 Å². The van der Waals surface area contributed by atoms with Gasteiger partial charge in [-0.05, 0) is 43.0 Å². The van der Waals surface area contributed by atoms with Crippen molar-refractivity contribution in [1.82, 2.24) is 15.3 Å². The van der Waals surface area contributed by atoms with Crippen LogP contribution in [0.4, 0.5) is 17.3 Å². The van der Waals surface area contributed by atoms with Crippen molar-refractivity contribution in [3.63, 3.8) is 0 Å². The first-order chi connectivity index (χ1) is 17.3. The molecule has 0 spiro atoms. The Morgan fingerprint density at radius 3 is 2.53 bits per heavy atom. The topological polar surface area (TPSA) is 130 Å². The number of nitrogens with zero attached hydrogens (tertiary/aromatic N) is 2. The molecule has 3 N–H and O–H groups in total. The van der Waals surface area contributed by atoms with Crippen LogP contribution in [0.25, 0.3) is 10.9 Å². The summed E-state index contributed by atoms with van der Waals surface area (Å²) < 4.78 is 0. The molecule has 0 aliphatic heterocycles. The predicted molar refractivity (Wildman–Crippen MR) is 140 cm³/mol. The predicted octanol–water partition coefficient (Wildman–Crippen LogP) is 5.63. The summed E-state index contributed by atoms with van der Waals surface area (Å²) in [5, 5.41) is 17.7. The van der Waals surface area contributed by atoms with Crippen LogP contribution in [0, 0.1) is 10.1 Å². The summed E-state index contributed by atoms with van der Waals surface area (Å²) in [5.41, 5.74) is 0.661. The number of amides is 1. The maximum Gasteiger partial charge on any atom is 0.271 e. The van der Waals surface area contributed by atoms with Crippen LogP contribution < -0.4 is 16.2 Å². The van der Waals surface area contributed by atoms with Gasteiger partial charge in [-0.2, -0.15) is 0 Å². The number of hydrogen-bond donors (Lipinski definition) is 3. The van der Waals surface area contributed by atoms with Gasteiger partial charge in [-0.3, -0.25) is 24.7 Å². The third kappa shape index (κ3) is 5.99. The highest BCUT2D eigenvalue weighted by molar-refractivity contribution is 6.42. The molecule has 1 heterocycles. The number of aromatic amines is 1. The number of fused-ring (bicyclic) bond motifs is 1. The van der Waals surface area contributed by atoms with E-state index < -0.39 is 16.4 Å². The van der Waals surface area contributed by atoms with Gasteiger partial charge in [0, 0.05) is 24.4 Å². The lowest BCUT2D eigenvalue weighted by Crippen LogP contribution is -2.26. The molecule has 1 amide bonds. The average Bonchev–Trinajstić information content (AvgIpc) is 2.86. The molecule has 0 bridgehead atoms. The zero-order chi connectivity index (χ0) is 25.7. The van der Waals surface area contributed by atoms with E-state index in [1.807, 2.05) is 30.3 Å². The number of carbonyl (C=O) groups is 1. The first-order valence-corrected chi connectivity index (χ1v) is 11.8. The quantitative estimate of drug-likeness (QED) is 0.147. The third-order valence-electron chi connectivity index (χ3n) is 5.45. The number of non-ortho nitro benzene ring substituents is 1. The van der Waals surface area contributed by atoms with Crippen LogP contribution in [0.1, 0.15) is 28.8 Å². The van der Waals surface area contributed by atoms with Gasteiger partial charge in [0.1, 0.15) is 0 Å². The molecule has 0 unspecified atom stereocenters. The zero-order valence-corrected chi connectivity index (χ0v) is 20.4. The van der Waals surface area contributed by atoms with Crippen molar-refractivity contribution in [3.05, 3.63) is 102 Å². The Labute approximate surface area is 215 Å². The van der Waals surface area contributed by atoms with Crippen molar-refractivity contribution in [2.75, 3.05) is 11.9 Å². The Bertz CT molecular complexity index is 1490. The molecule has 0 aliphatic carbocycles. The fraction of sp³-hybridized carbons (Fsp3) is 0.160. The first kappa shape index (κ1) is 25.2. The summed E-state index contributed by atoms with van der Waals surface area (Å²) >= 11 is 12.0. The molecule has 1 aromatic heterocycles. The Morgan fingerprint density at radius 2 is 1.81 bits per heavy atom. The second-order valence-electron chi connectivity index (χ2n) is 8.01. The van der Waals surface area contributed by atoms with E-state index in [0.717, 1.165) is 25.0 Å². The number of unbranched alkanes of at least 4 members (excludes halogenated alkanes) is 1. The summed E-state index contributed by atoms with van der Waals surface area (Å²) in [4.78, 5) is 43.4. The Morgan fingerprint density at radius 1 is 1.03 bits per heavy atom. The molecule has 184 valence electrons. The van der Waals surface area contributed by atoms with Gasteiger partial charge in [0.25, 0.3) is 17.2 Å². The number of nitro benzene ring substituents is 1. The van der Waals surface area contributed by atoms with Crippen molar-refractivity contribution < 1.29 is 9.72 Å². The van der Waals surface area contributed by atoms with Gasteiger partial charge < -0.3 is 10.6 Å². The second kappa shape index (κ2) is 11.2. The smallest absolute Gasteiger partial charge is 0.271 e. The van der Waals surface area contributed by atoms with Gasteiger partial charge in [-0.1, -0.05) is 53.5 Å². The fourth-order valence-corrected chi connectivity index (χ4v) is 3.97. The summed E-state index contributed by atoms with van der Waals surface area (Å²) in [7, 11) is 0. The SMILES string of the molecule is O=C(NCCCCc1ccccc1)c1cc([N+](=O)[O-])cc2c(=O)[nH]c(Nc3ccc(Cl)c(Cl)c3)nc12. The molecule has 0 aliphatic rings. The summed E-state index contributed by atoms with van der Waals surface area (Å²) in [6, 6.07) is 17.0. The number of aromatic nitrogens is 2. The number of hydrogen-bond acceptors (Lipinski definition) is 6. The lowest BCUT2D eigenvalue weighted by atomic mass is 10.1. The largest absolute Gasteiger partial charge is 0.352 e. The van der Waals surface area contributed by atoms with Crippen LogP contribution in [0.15, 0.2) is 65.5 Å². The molecule has 11 heteroatoms. The second-order valence-corrected chi connectivity index (χ2v) is 8.83. The van der Waals surface area contributed by atoms with E-state index in [0.29, 0.717) is 28.7 Å². The summed E-state index contributed by atoms with van der Waals surface area (Å²) in [5.74, 6) is -0.515. The Kier molecular flexibility index (Phi) is 7.82. The van der Waals surface area contributed by atoms with Crippen LogP contribution in [0.5, 0.6) is 0 Å². The number of nitro groups is 1. The highest BCUT2D eigenvalue weighted by Crippen LogP contribution is 2.27. The minimum Gasteiger partial charge on any atom is -0.352 e. The third-order valence-corrected chi connectivity index (χ3v) is 6.19. The van der Waals surface area contributed by atoms with Crippen LogP contribution in [-0.2, 0) is 6.42 Å². The molecule has 0 saturated heterocycles. The van der Waals surface area contributed by atoms with E-state index in [1.54, 1.807) is 18.2 Å².